The Bertz CT molecular complexity index is 939. The quantitative estimate of drug-likeness (QED) is 0.490. The van der Waals surface area contributed by atoms with Crippen LogP contribution in [0.2, 0.25) is 0 Å². The average molecular weight is 375 g/mol. The van der Waals surface area contributed by atoms with Crippen LogP contribution < -0.4 is 10.2 Å². The number of amides is 1. The van der Waals surface area contributed by atoms with Gasteiger partial charge in [0.15, 0.2) is 0 Å². The number of non-ortho nitro benzene ring substituents is 1. The van der Waals surface area contributed by atoms with Gasteiger partial charge >= 0.3 is 0 Å². The number of carbonyl (C=O) groups is 1. The average Bonchev–Trinajstić information content (AvgIpc) is 2.69. The second-order valence-electron chi connectivity index (χ2n) is 6.54. The highest BCUT2D eigenvalue weighted by molar-refractivity contribution is 5.92. The predicted molar refractivity (Wildman–Crippen MR) is 110 cm³/mol. The fraction of sp³-hybridized carbons (Fsp3) is 0.136. The maximum Gasteiger partial charge on any atom is 0.269 e. The fourth-order valence-corrected chi connectivity index (χ4v) is 2.87. The molecule has 3 rings (SSSR count). The molecule has 0 heterocycles. The molecule has 0 fully saturated rings. The van der Waals surface area contributed by atoms with E-state index in [-0.39, 0.29) is 18.0 Å². The van der Waals surface area contributed by atoms with Crippen molar-refractivity contribution < 1.29 is 9.72 Å². The van der Waals surface area contributed by atoms with E-state index in [2.05, 4.69) is 22.3 Å². The Balaban J connectivity index is 1.56. The van der Waals surface area contributed by atoms with Gasteiger partial charge in [0.2, 0.25) is 5.91 Å². The van der Waals surface area contributed by atoms with E-state index in [0.717, 1.165) is 17.8 Å². The molecule has 6 nitrogen and oxygen atoms in total. The molecule has 28 heavy (non-hydrogen) atoms. The number of hydrogen-bond donors (Lipinski definition) is 1. The maximum absolute atomic E-state index is 12.2. The zero-order valence-electron chi connectivity index (χ0n) is 15.5. The molecule has 0 aromatic heterocycles. The zero-order valence-corrected chi connectivity index (χ0v) is 15.5. The van der Waals surface area contributed by atoms with Crippen molar-refractivity contribution in [3.05, 3.63) is 100 Å². The molecule has 0 saturated heterocycles. The van der Waals surface area contributed by atoms with Gasteiger partial charge in [-0.2, -0.15) is 0 Å². The third-order valence-electron chi connectivity index (χ3n) is 4.37. The van der Waals surface area contributed by atoms with Crippen molar-refractivity contribution >= 4 is 23.0 Å². The Labute approximate surface area is 163 Å². The lowest BCUT2D eigenvalue weighted by atomic mass is 10.1. The van der Waals surface area contributed by atoms with Crippen molar-refractivity contribution in [3.8, 4) is 0 Å². The number of rotatable bonds is 7. The molecule has 0 aliphatic rings. The summed E-state index contributed by atoms with van der Waals surface area (Å²) in [4.78, 5) is 24.6. The van der Waals surface area contributed by atoms with Crippen LogP contribution in [-0.4, -0.2) is 17.9 Å². The minimum atomic E-state index is -0.458. The highest BCUT2D eigenvalue weighted by Gasteiger charge is 2.08. The highest BCUT2D eigenvalue weighted by Crippen LogP contribution is 2.19. The molecule has 3 aromatic carbocycles. The number of nitrogens with one attached hydrogen (secondary N) is 1. The Morgan fingerprint density at radius 2 is 1.57 bits per heavy atom. The third-order valence-corrected chi connectivity index (χ3v) is 4.37. The Kier molecular flexibility index (Phi) is 6.01. The molecular weight excluding hydrogens is 354 g/mol. The largest absolute Gasteiger partial charge is 0.370 e. The van der Waals surface area contributed by atoms with E-state index in [1.165, 1.54) is 17.7 Å². The fourth-order valence-electron chi connectivity index (χ4n) is 2.87. The van der Waals surface area contributed by atoms with Crippen LogP contribution >= 0.6 is 0 Å². The summed E-state index contributed by atoms with van der Waals surface area (Å²) in [6.07, 6.45) is 0.160. The number of nitrogens with zero attached hydrogens (tertiary/aromatic N) is 2. The van der Waals surface area contributed by atoms with Crippen molar-refractivity contribution in [1.29, 1.82) is 0 Å². The van der Waals surface area contributed by atoms with Crippen LogP contribution in [-0.2, 0) is 17.8 Å². The van der Waals surface area contributed by atoms with E-state index >= 15 is 0 Å². The van der Waals surface area contributed by atoms with Crippen molar-refractivity contribution in [1.82, 2.24) is 0 Å². The number of carbonyl (C=O) groups excluding carboxylic acids is 1. The minimum absolute atomic E-state index is 0.0133. The number of hydrogen-bond acceptors (Lipinski definition) is 4. The van der Waals surface area contributed by atoms with Gasteiger partial charge in [0.05, 0.1) is 11.3 Å². The molecular formula is C22H21N3O3. The molecule has 1 amide bonds. The molecule has 0 bridgehead atoms. The first kappa shape index (κ1) is 19.1. The van der Waals surface area contributed by atoms with Crippen LogP contribution in [0.25, 0.3) is 0 Å². The van der Waals surface area contributed by atoms with E-state index in [9.17, 15) is 14.9 Å². The summed E-state index contributed by atoms with van der Waals surface area (Å²) in [5, 5.41) is 13.5. The standard InChI is InChI=1S/C22H21N3O3/c1-24(16-18-5-3-2-4-6-18)20-13-9-19(10-14-20)23-22(26)15-17-7-11-21(12-8-17)25(27)28/h2-14H,15-16H2,1H3,(H,23,26). The van der Waals surface area contributed by atoms with Gasteiger partial charge in [0.25, 0.3) is 5.69 Å². The van der Waals surface area contributed by atoms with Gasteiger partial charge in [0.1, 0.15) is 0 Å². The van der Waals surface area contributed by atoms with Gasteiger partial charge in [-0.1, -0.05) is 42.5 Å². The second kappa shape index (κ2) is 8.81. The molecule has 6 heteroatoms. The molecule has 0 spiro atoms. The predicted octanol–water partition coefficient (Wildman–Crippen LogP) is 4.41. The molecule has 0 aliphatic carbocycles. The van der Waals surface area contributed by atoms with Crippen molar-refractivity contribution in [3.63, 3.8) is 0 Å². The first-order chi connectivity index (χ1) is 13.5. The monoisotopic (exact) mass is 375 g/mol. The Morgan fingerprint density at radius 1 is 0.929 bits per heavy atom. The second-order valence-corrected chi connectivity index (χ2v) is 6.54. The van der Waals surface area contributed by atoms with E-state index in [4.69, 9.17) is 0 Å². The molecule has 0 saturated carbocycles. The smallest absolute Gasteiger partial charge is 0.269 e. The Hall–Kier alpha value is -3.67. The zero-order chi connectivity index (χ0) is 19.9. The molecule has 142 valence electrons. The summed E-state index contributed by atoms with van der Waals surface area (Å²) in [7, 11) is 2.02. The van der Waals surface area contributed by atoms with Gasteiger partial charge < -0.3 is 10.2 Å². The number of anilines is 2. The van der Waals surface area contributed by atoms with E-state index in [0.29, 0.717) is 5.69 Å². The van der Waals surface area contributed by atoms with Gasteiger partial charge in [0, 0.05) is 37.1 Å². The lowest BCUT2D eigenvalue weighted by molar-refractivity contribution is -0.384. The minimum Gasteiger partial charge on any atom is -0.370 e. The molecule has 0 radical (unpaired) electrons. The van der Waals surface area contributed by atoms with Crippen LogP contribution in [0, 0.1) is 10.1 Å². The first-order valence-electron chi connectivity index (χ1n) is 8.89. The molecule has 0 unspecified atom stereocenters. The lowest BCUT2D eigenvalue weighted by Crippen LogP contribution is -2.17. The van der Waals surface area contributed by atoms with Crippen LogP contribution in [0.1, 0.15) is 11.1 Å². The SMILES string of the molecule is CN(Cc1ccccc1)c1ccc(NC(=O)Cc2ccc([N+](=O)[O-])cc2)cc1. The molecule has 0 atom stereocenters. The van der Waals surface area contributed by atoms with Crippen LogP contribution in [0.15, 0.2) is 78.9 Å². The third kappa shape index (κ3) is 5.17. The van der Waals surface area contributed by atoms with Gasteiger partial charge in [-0.25, -0.2) is 0 Å². The number of benzene rings is 3. The van der Waals surface area contributed by atoms with Crippen molar-refractivity contribution in [2.75, 3.05) is 17.3 Å². The lowest BCUT2D eigenvalue weighted by Gasteiger charge is -2.19. The summed E-state index contributed by atoms with van der Waals surface area (Å²) in [6, 6.07) is 23.9. The maximum atomic E-state index is 12.2. The topological polar surface area (TPSA) is 75.5 Å². The molecule has 3 aromatic rings. The normalized spacial score (nSPS) is 10.3. The van der Waals surface area contributed by atoms with Crippen LogP contribution in [0.3, 0.4) is 0 Å². The summed E-state index contributed by atoms with van der Waals surface area (Å²) < 4.78 is 0. The molecule has 1 N–H and O–H groups in total. The summed E-state index contributed by atoms with van der Waals surface area (Å²) in [5.41, 5.74) is 3.73. The number of nitro benzene ring substituents is 1. The van der Waals surface area contributed by atoms with E-state index < -0.39 is 4.92 Å². The van der Waals surface area contributed by atoms with E-state index in [1.807, 2.05) is 49.5 Å². The highest BCUT2D eigenvalue weighted by atomic mass is 16.6. The van der Waals surface area contributed by atoms with Gasteiger partial charge in [-0.3, -0.25) is 14.9 Å². The summed E-state index contributed by atoms with van der Waals surface area (Å²) in [5.74, 6) is -0.167. The van der Waals surface area contributed by atoms with Gasteiger partial charge in [-0.05, 0) is 35.4 Å². The number of nitro groups is 1. The summed E-state index contributed by atoms with van der Waals surface area (Å²) >= 11 is 0. The van der Waals surface area contributed by atoms with Crippen molar-refractivity contribution in [2.45, 2.75) is 13.0 Å². The van der Waals surface area contributed by atoms with Crippen LogP contribution in [0.4, 0.5) is 17.1 Å². The Morgan fingerprint density at radius 3 is 2.18 bits per heavy atom. The van der Waals surface area contributed by atoms with E-state index in [1.54, 1.807) is 12.1 Å². The van der Waals surface area contributed by atoms with Crippen molar-refractivity contribution in [2.24, 2.45) is 0 Å². The van der Waals surface area contributed by atoms with Gasteiger partial charge in [-0.15, -0.1) is 0 Å². The first-order valence-corrected chi connectivity index (χ1v) is 8.89. The summed E-state index contributed by atoms with van der Waals surface area (Å²) in [6.45, 7) is 0.798. The molecule has 0 aliphatic heterocycles. The van der Waals surface area contributed by atoms with Crippen LogP contribution in [0.5, 0.6) is 0 Å².